The molecule has 0 fully saturated rings. The largest absolute Gasteiger partial charge is 0.516 e. The van der Waals surface area contributed by atoms with Crippen LogP contribution in [0.1, 0.15) is 39.0 Å². The Bertz CT molecular complexity index is 114. The minimum absolute atomic E-state index is 1.06. The van der Waals surface area contributed by atoms with E-state index in [-0.39, 0.29) is 0 Å². The summed E-state index contributed by atoms with van der Waals surface area (Å²) in [6, 6.07) is 0. The lowest BCUT2D eigenvalue weighted by Gasteiger charge is -1.92. The van der Waals surface area contributed by atoms with Crippen LogP contribution in [0.4, 0.5) is 0 Å². The van der Waals surface area contributed by atoms with E-state index in [1.54, 1.807) is 6.08 Å². The van der Waals surface area contributed by atoms with Crippen LogP contribution in [0.3, 0.4) is 0 Å². The molecule has 0 aromatic rings. The van der Waals surface area contributed by atoms with Crippen LogP contribution in [0.25, 0.3) is 0 Å². The highest BCUT2D eigenvalue weighted by atomic mass is 16.2. The molecule has 0 aromatic heterocycles. The van der Waals surface area contributed by atoms with Crippen LogP contribution < -0.4 is 0 Å². The molecule has 11 heavy (non-hydrogen) atoms. The molecule has 0 bridgehead atoms. The maximum absolute atomic E-state index is 8.28. The maximum atomic E-state index is 8.28. The van der Waals surface area contributed by atoms with Crippen molar-refractivity contribution in [3.8, 4) is 0 Å². The van der Waals surface area contributed by atoms with E-state index < -0.39 is 0 Å². The van der Waals surface area contributed by atoms with Gasteiger partial charge in [-0.25, -0.2) is 0 Å². The first kappa shape index (κ1) is 10.3. The Morgan fingerprint density at radius 1 is 1.09 bits per heavy atom. The van der Waals surface area contributed by atoms with Crippen molar-refractivity contribution < 1.29 is 5.11 Å². The van der Waals surface area contributed by atoms with Gasteiger partial charge < -0.3 is 5.11 Å². The molecule has 64 valence electrons. The van der Waals surface area contributed by atoms with Gasteiger partial charge in [0, 0.05) is 0 Å². The first-order chi connectivity index (χ1) is 5.41. The van der Waals surface area contributed by atoms with E-state index in [0.29, 0.717) is 0 Å². The second-order valence-electron chi connectivity index (χ2n) is 2.62. The van der Waals surface area contributed by atoms with Crippen molar-refractivity contribution in [3.63, 3.8) is 0 Å². The minimum Gasteiger partial charge on any atom is -0.516 e. The molecular formula is C10H18O. The van der Waals surface area contributed by atoms with Gasteiger partial charge in [0.1, 0.15) is 0 Å². The van der Waals surface area contributed by atoms with Gasteiger partial charge in [-0.3, -0.25) is 0 Å². The summed E-state index contributed by atoms with van der Waals surface area (Å²) in [6.45, 7) is 2.21. The van der Waals surface area contributed by atoms with Gasteiger partial charge in [-0.1, -0.05) is 38.3 Å². The highest BCUT2D eigenvalue weighted by molar-refractivity contribution is 4.98. The Morgan fingerprint density at radius 2 is 1.91 bits per heavy atom. The predicted octanol–water partition coefficient (Wildman–Crippen LogP) is 3.58. The van der Waals surface area contributed by atoms with Crippen molar-refractivity contribution in [2.24, 2.45) is 0 Å². The molecule has 0 aromatic carbocycles. The van der Waals surface area contributed by atoms with Gasteiger partial charge in [-0.15, -0.1) is 0 Å². The molecule has 1 heteroatoms. The van der Waals surface area contributed by atoms with Crippen molar-refractivity contribution in [1.82, 2.24) is 0 Å². The van der Waals surface area contributed by atoms with Crippen molar-refractivity contribution in [2.75, 3.05) is 0 Å². The lowest BCUT2D eigenvalue weighted by atomic mass is 10.1. The SMILES string of the molecule is CCCCCCC=CC=CO. The molecule has 1 nitrogen and oxygen atoms in total. The molecule has 0 spiro atoms. The van der Waals surface area contributed by atoms with Gasteiger partial charge in [-0.05, 0) is 18.9 Å². The number of hydrogen-bond donors (Lipinski definition) is 1. The molecule has 0 aliphatic heterocycles. The summed E-state index contributed by atoms with van der Waals surface area (Å²) in [7, 11) is 0. The highest BCUT2D eigenvalue weighted by Crippen LogP contribution is 2.02. The smallest absolute Gasteiger partial charge is 0.0791 e. The number of hydrogen-bond acceptors (Lipinski definition) is 1. The average molecular weight is 154 g/mol. The van der Waals surface area contributed by atoms with E-state index in [1.165, 1.54) is 25.7 Å². The van der Waals surface area contributed by atoms with E-state index in [4.69, 9.17) is 5.11 Å². The van der Waals surface area contributed by atoms with Crippen LogP contribution in [-0.4, -0.2) is 5.11 Å². The fourth-order valence-electron chi connectivity index (χ4n) is 0.913. The van der Waals surface area contributed by atoms with Crippen molar-refractivity contribution in [2.45, 2.75) is 39.0 Å². The molecule has 0 heterocycles. The zero-order valence-electron chi connectivity index (χ0n) is 7.29. The molecule has 1 N–H and O–H groups in total. The zero-order valence-corrected chi connectivity index (χ0v) is 7.29. The molecule has 0 amide bonds. The maximum Gasteiger partial charge on any atom is 0.0791 e. The number of unbranched alkanes of at least 4 members (excludes halogenated alkanes) is 4. The van der Waals surface area contributed by atoms with E-state index in [1.807, 2.05) is 6.08 Å². The van der Waals surface area contributed by atoms with Gasteiger partial charge in [-0.2, -0.15) is 0 Å². The van der Waals surface area contributed by atoms with Crippen molar-refractivity contribution in [1.29, 1.82) is 0 Å². The molecule has 0 aliphatic rings. The summed E-state index contributed by atoms with van der Waals surface area (Å²) in [4.78, 5) is 0. The Morgan fingerprint density at radius 3 is 2.55 bits per heavy atom. The average Bonchev–Trinajstić information content (AvgIpc) is 2.03. The number of aliphatic hydroxyl groups is 1. The molecule has 0 radical (unpaired) electrons. The summed E-state index contributed by atoms with van der Waals surface area (Å²) in [5.41, 5.74) is 0. The Hall–Kier alpha value is -0.720. The third-order valence-corrected chi connectivity index (χ3v) is 1.56. The molecule has 0 rings (SSSR count). The van der Waals surface area contributed by atoms with Crippen LogP contribution in [0.2, 0.25) is 0 Å². The topological polar surface area (TPSA) is 20.2 Å². The summed E-state index contributed by atoms with van der Waals surface area (Å²) in [5.74, 6) is 0. The van der Waals surface area contributed by atoms with Crippen LogP contribution in [-0.2, 0) is 0 Å². The summed E-state index contributed by atoms with van der Waals surface area (Å²) in [6.07, 6.45) is 13.0. The standard InChI is InChI=1S/C10H18O/c1-2-3-4-5-6-7-8-9-10-11/h7-11H,2-6H2,1H3. The first-order valence-electron chi connectivity index (χ1n) is 4.37. The molecular weight excluding hydrogens is 136 g/mol. The van der Waals surface area contributed by atoms with Crippen LogP contribution in [0.15, 0.2) is 24.5 Å². The number of aliphatic hydroxyl groups excluding tert-OH is 1. The van der Waals surface area contributed by atoms with Gasteiger partial charge >= 0.3 is 0 Å². The highest BCUT2D eigenvalue weighted by Gasteiger charge is 1.82. The quantitative estimate of drug-likeness (QED) is 0.352. The second kappa shape index (κ2) is 9.28. The normalized spacial score (nSPS) is 11.7. The lowest BCUT2D eigenvalue weighted by Crippen LogP contribution is -1.72. The Kier molecular flexibility index (Phi) is 8.67. The first-order valence-corrected chi connectivity index (χ1v) is 4.37. The molecule has 0 saturated heterocycles. The minimum atomic E-state index is 1.06. The lowest BCUT2D eigenvalue weighted by molar-refractivity contribution is 0.473. The van der Waals surface area contributed by atoms with Gasteiger partial charge in [0.25, 0.3) is 0 Å². The van der Waals surface area contributed by atoms with Gasteiger partial charge in [0.15, 0.2) is 0 Å². The number of allylic oxidation sites excluding steroid dienone is 3. The van der Waals surface area contributed by atoms with E-state index in [9.17, 15) is 0 Å². The molecule has 0 saturated carbocycles. The molecule has 0 aliphatic carbocycles. The summed E-state index contributed by atoms with van der Waals surface area (Å²) in [5, 5.41) is 8.28. The summed E-state index contributed by atoms with van der Waals surface area (Å²) >= 11 is 0. The molecule has 0 unspecified atom stereocenters. The third kappa shape index (κ3) is 9.28. The Labute approximate surface area is 69.4 Å². The Balaban J connectivity index is 3.01. The monoisotopic (exact) mass is 154 g/mol. The zero-order chi connectivity index (χ0) is 8.36. The second-order valence-corrected chi connectivity index (χ2v) is 2.62. The third-order valence-electron chi connectivity index (χ3n) is 1.56. The van der Waals surface area contributed by atoms with Crippen LogP contribution in [0, 0.1) is 0 Å². The van der Waals surface area contributed by atoms with Gasteiger partial charge in [0.05, 0.1) is 6.26 Å². The van der Waals surface area contributed by atoms with E-state index in [2.05, 4.69) is 13.0 Å². The van der Waals surface area contributed by atoms with Crippen molar-refractivity contribution >= 4 is 0 Å². The fourth-order valence-corrected chi connectivity index (χ4v) is 0.913. The number of rotatable bonds is 6. The van der Waals surface area contributed by atoms with Gasteiger partial charge in [0.2, 0.25) is 0 Å². The van der Waals surface area contributed by atoms with Crippen LogP contribution >= 0.6 is 0 Å². The van der Waals surface area contributed by atoms with E-state index in [0.717, 1.165) is 12.7 Å². The fraction of sp³-hybridized carbons (Fsp3) is 0.600. The van der Waals surface area contributed by atoms with E-state index >= 15 is 0 Å². The predicted molar refractivity (Wildman–Crippen MR) is 49.7 cm³/mol. The molecule has 0 atom stereocenters. The summed E-state index contributed by atoms with van der Waals surface area (Å²) < 4.78 is 0. The van der Waals surface area contributed by atoms with Crippen molar-refractivity contribution in [3.05, 3.63) is 24.5 Å². The van der Waals surface area contributed by atoms with Crippen LogP contribution in [0.5, 0.6) is 0 Å².